The highest BCUT2D eigenvalue weighted by Crippen LogP contribution is 2.38. The van der Waals surface area contributed by atoms with E-state index in [2.05, 4.69) is 23.0 Å². The highest BCUT2D eigenvalue weighted by Gasteiger charge is 2.33. The van der Waals surface area contributed by atoms with Crippen molar-refractivity contribution in [1.82, 2.24) is 5.01 Å². The first-order valence-corrected chi connectivity index (χ1v) is 7.50. The van der Waals surface area contributed by atoms with Crippen LogP contribution in [-0.2, 0) is 11.3 Å². The number of benzene rings is 1. The number of nitrogens with zero attached hydrogens (tertiary/aromatic N) is 2. The zero-order valence-corrected chi connectivity index (χ0v) is 12.3. The van der Waals surface area contributed by atoms with Gasteiger partial charge in [-0.2, -0.15) is 0 Å². The molecule has 0 atom stereocenters. The molecule has 0 unspecified atom stereocenters. The van der Waals surface area contributed by atoms with Crippen molar-refractivity contribution in [2.24, 2.45) is 0 Å². The van der Waals surface area contributed by atoms with Crippen molar-refractivity contribution >= 4 is 11.7 Å². The van der Waals surface area contributed by atoms with Crippen LogP contribution < -0.4 is 5.01 Å². The van der Waals surface area contributed by atoms with Crippen molar-refractivity contribution < 1.29 is 9.53 Å². The van der Waals surface area contributed by atoms with Gasteiger partial charge in [0.25, 0.3) is 0 Å². The third kappa shape index (κ3) is 2.18. The summed E-state index contributed by atoms with van der Waals surface area (Å²) in [5.41, 5.74) is 3.15. The van der Waals surface area contributed by atoms with E-state index in [0.29, 0.717) is 11.6 Å². The molecule has 0 aromatic heterocycles. The van der Waals surface area contributed by atoms with Crippen LogP contribution in [0.2, 0.25) is 0 Å². The van der Waals surface area contributed by atoms with E-state index in [9.17, 15) is 4.79 Å². The van der Waals surface area contributed by atoms with E-state index in [1.54, 1.807) is 0 Å². The Kier molecular flexibility index (Phi) is 3.66. The Morgan fingerprint density at radius 3 is 2.75 bits per heavy atom. The molecule has 1 aliphatic heterocycles. The van der Waals surface area contributed by atoms with E-state index in [0.717, 1.165) is 13.1 Å². The van der Waals surface area contributed by atoms with Crippen LogP contribution in [-0.4, -0.2) is 30.7 Å². The van der Waals surface area contributed by atoms with Crippen LogP contribution in [0.25, 0.3) is 0 Å². The Morgan fingerprint density at radius 1 is 1.35 bits per heavy atom. The van der Waals surface area contributed by atoms with Crippen molar-refractivity contribution in [3.05, 3.63) is 29.3 Å². The molecule has 2 aliphatic rings. The Hall–Kier alpha value is -1.55. The minimum atomic E-state index is -0.255. The third-order valence-corrected chi connectivity index (χ3v) is 4.45. The quantitative estimate of drug-likeness (QED) is 0.793. The maximum absolute atomic E-state index is 11.7. The van der Waals surface area contributed by atoms with E-state index in [-0.39, 0.29) is 5.97 Å². The number of methoxy groups -OCH3 is 1. The Balaban J connectivity index is 1.96. The molecule has 0 N–H and O–H groups in total. The van der Waals surface area contributed by atoms with Crippen LogP contribution in [0.15, 0.2) is 18.2 Å². The second-order valence-electron chi connectivity index (χ2n) is 5.60. The molecule has 1 aromatic rings. The van der Waals surface area contributed by atoms with Gasteiger partial charge in [-0.05, 0) is 30.5 Å². The molecule has 0 radical (unpaired) electrons. The van der Waals surface area contributed by atoms with Crippen molar-refractivity contribution in [2.75, 3.05) is 18.7 Å². The summed E-state index contributed by atoms with van der Waals surface area (Å²) >= 11 is 0. The van der Waals surface area contributed by atoms with Gasteiger partial charge >= 0.3 is 5.97 Å². The fourth-order valence-corrected chi connectivity index (χ4v) is 3.42. The van der Waals surface area contributed by atoms with Crippen LogP contribution in [0.3, 0.4) is 0 Å². The molecule has 1 aliphatic carbocycles. The normalized spacial score (nSPS) is 19.4. The second kappa shape index (κ2) is 5.44. The van der Waals surface area contributed by atoms with E-state index in [4.69, 9.17) is 4.74 Å². The van der Waals surface area contributed by atoms with Gasteiger partial charge in [0.2, 0.25) is 0 Å². The maximum Gasteiger partial charge on any atom is 0.337 e. The van der Waals surface area contributed by atoms with Crippen molar-refractivity contribution in [1.29, 1.82) is 0 Å². The van der Waals surface area contributed by atoms with Gasteiger partial charge in [-0.3, -0.25) is 0 Å². The van der Waals surface area contributed by atoms with Gasteiger partial charge in [-0.1, -0.05) is 25.8 Å². The molecule has 4 heteroatoms. The standard InChI is InChI=1S/C16H22N2O2/c1-3-17-11-13-9-8-12(16(19)20-2)10-15(13)18(17)14-6-4-5-7-14/h8-10,14H,3-7,11H2,1-2H3. The lowest BCUT2D eigenvalue weighted by Gasteiger charge is -2.35. The predicted molar refractivity (Wildman–Crippen MR) is 78.6 cm³/mol. The third-order valence-electron chi connectivity index (χ3n) is 4.45. The van der Waals surface area contributed by atoms with Crippen LogP contribution in [0.4, 0.5) is 5.69 Å². The highest BCUT2D eigenvalue weighted by atomic mass is 16.5. The lowest BCUT2D eigenvalue weighted by Crippen LogP contribution is -2.43. The molecule has 0 amide bonds. The van der Waals surface area contributed by atoms with Crippen LogP contribution in [0.5, 0.6) is 0 Å². The lowest BCUT2D eigenvalue weighted by atomic mass is 10.1. The number of esters is 1. The van der Waals surface area contributed by atoms with E-state index in [1.807, 2.05) is 12.1 Å². The van der Waals surface area contributed by atoms with Crippen LogP contribution in [0, 0.1) is 0 Å². The largest absolute Gasteiger partial charge is 0.465 e. The van der Waals surface area contributed by atoms with Crippen LogP contribution >= 0.6 is 0 Å². The zero-order chi connectivity index (χ0) is 14.1. The molecular formula is C16H22N2O2. The number of ether oxygens (including phenoxy) is 1. The molecule has 4 nitrogen and oxygen atoms in total. The summed E-state index contributed by atoms with van der Waals surface area (Å²) in [6.45, 7) is 4.14. The molecule has 0 bridgehead atoms. The van der Waals surface area contributed by atoms with Gasteiger partial charge in [-0.25, -0.2) is 9.80 Å². The molecule has 1 fully saturated rings. The number of hydrazine groups is 1. The van der Waals surface area contributed by atoms with Crippen LogP contribution in [0.1, 0.15) is 48.5 Å². The summed E-state index contributed by atoms with van der Waals surface area (Å²) in [6.07, 6.45) is 5.12. The average molecular weight is 274 g/mol. The summed E-state index contributed by atoms with van der Waals surface area (Å²) in [5, 5.41) is 4.82. The molecule has 20 heavy (non-hydrogen) atoms. The topological polar surface area (TPSA) is 32.8 Å². The second-order valence-corrected chi connectivity index (χ2v) is 5.60. The number of carbonyl (C=O) groups excluding carboxylic acids is 1. The maximum atomic E-state index is 11.7. The summed E-state index contributed by atoms with van der Waals surface area (Å²) in [4.78, 5) is 11.7. The van der Waals surface area contributed by atoms with Crippen molar-refractivity contribution in [3.8, 4) is 0 Å². The molecule has 1 heterocycles. The van der Waals surface area contributed by atoms with E-state index >= 15 is 0 Å². The molecule has 0 spiro atoms. The minimum Gasteiger partial charge on any atom is -0.465 e. The minimum absolute atomic E-state index is 0.255. The summed E-state index contributed by atoms with van der Waals surface area (Å²) in [7, 11) is 1.43. The monoisotopic (exact) mass is 274 g/mol. The Labute approximate surface area is 120 Å². The summed E-state index contributed by atoms with van der Waals surface area (Å²) in [5.74, 6) is -0.255. The average Bonchev–Trinajstić information content (AvgIpc) is 3.11. The number of hydrogen-bond acceptors (Lipinski definition) is 4. The van der Waals surface area contributed by atoms with E-state index < -0.39 is 0 Å². The predicted octanol–water partition coefficient (Wildman–Crippen LogP) is 2.97. The smallest absolute Gasteiger partial charge is 0.337 e. The van der Waals surface area contributed by atoms with Gasteiger partial charge in [0.15, 0.2) is 0 Å². The Bertz CT molecular complexity index is 507. The number of hydrogen-bond donors (Lipinski definition) is 0. The summed E-state index contributed by atoms with van der Waals surface area (Å²) < 4.78 is 4.84. The lowest BCUT2D eigenvalue weighted by molar-refractivity contribution is 0.0600. The van der Waals surface area contributed by atoms with Gasteiger partial charge in [0, 0.05) is 19.1 Å². The van der Waals surface area contributed by atoms with Gasteiger partial charge in [0.05, 0.1) is 18.4 Å². The van der Waals surface area contributed by atoms with Crippen molar-refractivity contribution in [3.63, 3.8) is 0 Å². The number of carbonyl (C=O) groups is 1. The van der Waals surface area contributed by atoms with Gasteiger partial charge < -0.3 is 9.75 Å². The molecule has 108 valence electrons. The first-order chi connectivity index (χ1) is 9.74. The first kappa shape index (κ1) is 13.4. The molecule has 1 aromatic carbocycles. The van der Waals surface area contributed by atoms with Gasteiger partial charge in [0.1, 0.15) is 0 Å². The Morgan fingerprint density at radius 2 is 2.10 bits per heavy atom. The SMILES string of the molecule is CCN1Cc2ccc(C(=O)OC)cc2N1C1CCCC1. The van der Waals surface area contributed by atoms with E-state index in [1.165, 1.54) is 44.0 Å². The zero-order valence-electron chi connectivity index (χ0n) is 12.3. The fraction of sp³-hybridized carbons (Fsp3) is 0.562. The van der Waals surface area contributed by atoms with Crippen molar-refractivity contribution in [2.45, 2.75) is 45.2 Å². The molecular weight excluding hydrogens is 252 g/mol. The highest BCUT2D eigenvalue weighted by molar-refractivity contribution is 5.91. The van der Waals surface area contributed by atoms with Gasteiger partial charge in [-0.15, -0.1) is 0 Å². The fourth-order valence-electron chi connectivity index (χ4n) is 3.42. The molecule has 3 rings (SSSR count). The molecule has 0 saturated heterocycles. The molecule has 1 saturated carbocycles. The first-order valence-electron chi connectivity index (χ1n) is 7.50. The number of anilines is 1. The summed E-state index contributed by atoms with van der Waals surface area (Å²) in [6, 6.07) is 6.52. The number of fused-ring (bicyclic) bond motifs is 1. The number of rotatable bonds is 3.